The standard InChI is InChI=1S/C17H20N4O2/c22-11-16(12-4-2-1-3-5-12)19-17(23)15-10-14(20-21-15)13-6-8-18-9-7-13/h1-9,14-16,20-22H,10-11H2,(H,19,23)/t14?,15?,16-/m1/s1. The first kappa shape index (κ1) is 15.6. The van der Waals surface area contributed by atoms with E-state index in [1.54, 1.807) is 12.4 Å². The van der Waals surface area contributed by atoms with E-state index < -0.39 is 6.04 Å². The van der Waals surface area contributed by atoms with Crippen molar-refractivity contribution in [2.75, 3.05) is 6.61 Å². The quantitative estimate of drug-likeness (QED) is 0.657. The lowest BCUT2D eigenvalue weighted by Gasteiger charge is -2.19. The number of rotatable bonds is 5. The Morgan fingerprint density at radius 1 is 1.22 bits per heavy atom. The predicted octanol–water partition coefficient (Wildman–Crippen LogP) is 0.839. The number of pyridine rings is 1. The molecule has 6 heteroatoms. The van der Waals surface area contributed by atoms with Crippen molar-refractivity contribution in [3.63, 3.8) is 0 Å². The van der Waals surface area contributed by atoms with Gasteiger partial charge in [-0.1, -0.05) is 30.3 Å². The number of aromatic nitrogens is 1. The van der Waals surface area contributed by atoms with Crippen LogP contribution in [0.4, 0.5) is 0 Å². The lowest BCUT2D eigenvalue weighted by Crippen LogP contribution is -2.45. The maximum Gasteiger partial charge on any atom is 0.239 e. The summed E-state index contributed by atoms with van der Waals surface area (Å²) in [5.74, 6) is -0.128. The number of nitrogens with one attached hydrogen (secondary N) is 3. The third-order valence-corrected chi connectivity index (χ3v) is 4.03. The Balaban J connectivity index is 1.61. The number of aliphatic hydroxyl groups is 1. The smallest absolute Gasteiger partial charge is 0.239 e. The monoisotopic (exact) mass is 312 g/mol. The molecule has 6 nitrogen and oxygen atoms in total. The van der Waals surface area contributed by atoms with Gasteiger partial charge in [0.05, 0.1) is 12.6 Å². The highest BCUT2D eigenvalue weighted by atomic mass is 16.3. The summed E-state index contributed by atoms with van der Waals surface area (Å²) in [5, 5.41) is 12.4. The topological polar surface area (TPSA) is 86.3 Å². The minimum absolute atomic E-state index is 0.0676. The molecule has 2 unspecified atom stereocenters. The summed E-state index contributed by atoms with van der Waals surface area (Å²) < 4.78 is 0. The van der Waals surface area contributed by atoms with Gasteiger partial charge in [0.1, 0.15) is 6.04 Å². The fourth-order valence-corrected chi connectivity index (χ4v) is 2.73. The van der Waals surface area contributed by atoms with E-state index in [0.717, 1.165) is 11.1 Å². The molecule has 120 valence electrons. The zero-order valence-corrected chi connectivity index (χ0v) is 12.6. The summed E-state index contributed by atoms with van der Waals surface area (Å²) in [6.07, 6.45) is 4.12. The molecule has 0 aliphatic carbocycles. The molecule has 23 heavy (non-hydrogen) atoms. The number of carbonyl (C=O) groups excluding carboxylic acids is 1. The molecule has 0 radical (unpaired) electrons. The first-order chi connectivity index (χ1) is 11.3. The Morgan fingerprint density at radius 2 is 1.96 bits per heavy atom. The van der Waals surface area contributed by atoms with Crippen molar-refractivity contribution in [1.82, 2.24) is 21.2 Å². The average molecular weight is 312 g/mol. The van der Waals surface area contributed by atoms with Crippen molar-refractivity contribution in [2.24, 2.45) is 0 Å². The summed E-state index contributed by atoms with van der Waals surface area (Å²) in [6, 6.07) is 12.6. The van der Waals surface area contributed by atoms with Gasteiger partial charge in [0, 0.05) is 18.4 Å². The van der Waals surface area contributed by atoms with Gasteiger partial charge in [-0.3, -0.25) is 9.78 Å². The van der Waals surface area contributed by atoms with Crippen LogP contribution >= 0.6 is 0 Å². The first-order valence-electron chi connectivity index (χ1n) is 7.65. The number of carbonyl (C=O) groups is 1. The normalized spacial score (nSPS) is 21.8. The van der Waals surface area contributed by atoms with Crippen LogP contribution in [0, 0.1) is 0 Å². The van der Waals surface area contributed by atoms with E-state index in [2.05, 4.69) is 21.2 Å². The summed E-state index contributed by atoms with van der Waals surface area (Å²) in [7, 11) is 0. The molecule has 1 aromatic heterocycles. The number of amides is 1. The zero-order valence-electron chi connectivity index (χ0n) is 12.6. The van der Waals surface area contributed by atoms with Gasteiger partial charge in [-0.25, -0.2) is 10.9 Å². The minimum Gasteiger partial charge on any atom is -0.394 e. The molecule has 4 N–H and O–H groups in total. The van der Waals surface area contributed by atoms with E-state index >= 15 is 0 Å². The van der Waals surface area contributed by atoms with E-state index in [1.807, 2.05) is 42.5 Å². The first-order valence-corrected chi connectivity index (χ1v) is 7.65. The van der Waals surface area contributed by atoms with E-state index in [0.29, 0.717) is 6.42 Å². The van der Waals surface area contributed by atoms with Crippen molar-refractivity contribution in [3.05, 3.63) is 66.0 Å². The van der Waals surface area contributed by atoms with E-state index in [1.165, 1.54) is 0 Å². The second-order valence-corrected chi connectivity index (χ2v) is 5.56. The number of hydrazine groups is 1. The number of nitrogens with zero attached hydrogens (tertiary/aromatic N) is 1. The molecular weight excluding hydrogens is 292 g/mol. The van der Waals surface area contributed by atoms with Gasteiger partial charge < -0.3 is 10.4 Å². The van der Waals surface area contributed by atoms with Crippen LogP contribution in [-0.4, -0.2) is 28.6 Å². The van der Waals surface area contributed by atoms with Gasteiger partial charge in [-0.05, 0) is 29.7 Å². The number of aliphatic hydroxyl groups excluding tert-OH is 1. The third kappa shape index (κ3) is 3.73. The molecule has 0 bridgehead atoms. The Kier molecular flexibility index (Phi) is 4.97. The van der Waals surface area contributed by atoms with Crippen LogP contribution in [0.15, 0.2) is 54.9 Å². The molecule has 1 saturated heterocycles. The van der Waals surface area contributed by atoms with Crippen molar-refractivity contribution in [3.8, 4) is 0 Å². The Labute approximate surface area is 134 Å². The maximum absolute atomic E-state index is 12.4. The van der Waals surface area contributed by atoms with Crippen LogP contribution in [0.1, 0.15) is 29.6 Å². The molecule has 1 fully saturated rings. The fourth-order valence-electron chi connectivity index (χ4n) is 2.73. The van der Waals surface area contributed by atoms with Crippen molar-refractivity contribution < 1.29 is 9.90 Å². The highest BCUT2D eigenvalue weighted by molar-refractivity contribution is 5.82. The highest BCUT2D eigenvalue weighted by Gasteiger charge is 2.31. The highest BCUT2D eigenvalue weighted by Crippen LogP contribution is 2.22. The van der Waals surface area contributed by atoms with Gasteiger partial charge in [0.25, 0.3) is 0 Å². The molecule has 0 spiro atoms. The second kappa shape index (κ2) is 7.32. The van der Waals surface area contributed by atoms with Crippen LogP contribution in [0.25, 0.3) is 0 Å². The molecule has 0 saturated carbocycles. The van der Waals surface area contributed by atoms with Crippen LogP contribution in [0.2, 0.25) is 0 Å². The molecule has 2 aromatic rings. The molecule has 1 amide bonds. The fraction of sp³-hybridized carbons (Fsp3) is 0.294. The number of hydrogen-bond acceptors (Lipinski definition) is 5. The van der Waals surface area contributed by atoms with Crippen LogP contribution in [0.5, 0.6) is 0 Å². The Bertz CT molecular complexity index is 636. The number of hydrogen-bond donors (Lipinski definition) is 4. The van der Waals surface area contributed by atoms with E-state index in [9.17, 15) is 9.90 Å². The van der Waals surface area contributed by atoms with Crippen LogP contribution in [0.3, 0.4) is 0 Å². The Hall–Kier alpha value is -2.28. The van der Waals surface area contributed by atoms with Crippen molar-refractivity contribution in [2.45, 2.75) is 24.5 Å². The predicted molar refractivity (Wildman–Crippen MR) is 86.1 cm³/mol. The van der Waals surface area contributed by atoms with Gasteiger partial charge in [-0.15, -0.1) is 0 Å². The molecule has 1 aromatic carbocycles. The molecule has 2 heterocycles. The second-order valence-electron chi connectivity index (χ2n) is 5.56. The SMILES string of the molecule is O=C(N[C@H](CO)c1ccccc1)C1CC(c2ccncc2)NN1. The molecule has 3 atom stereocenters. The third-order valence-electron chi connectivity index (χ3n) is 4.03. The van der Waals surface area contributed by atoms with Crippen molar-refractivity contribution in [1.29, 1.82) is 0 Å². The Morgan fingerprint density at radius 3 is 2.65 bits per heavy atom. The van der Waals surface area contributed by atoms with Crippen molar-refractivity contribution >= 4 is 5.91 Å². The van der Waals surface area contributed by atoms with Gasteiger partial charge in [0.15, 0.2) is 0 Å². The number of benzene rings is 1. The molecule has 1 aliphatic rings. The lowest BCUT2D eigenvalue weighted by molar-refractivity contribution is -0.124. The van der Waals surface area contributed by atoms with Gasteiger partial charge >= 0.3 is 0 Å². The molecule has 1 aliphatic heterocycles. The van der Waals surface area contributed by atoms with E-state index in [4.69, 9.17) is 0 Å². The largest absolute Gasteiger partial charge is 0.394 e. The van der Waals surface area contributed by atoms with E-state index in [-0.39, 0.29) is 24.6 Å². The van der Waals surface area contributed by atoms with Gasteiger partial charge in [-0.2, -0.15) is 0 Å². The minimum atomic E-state index is -0.398. The van der Waals surface area contributed by atoms with Crippen LogP contribution < -0.4 is 16.2 Å². The molecular formula is C17H20N4O2. The van der Waals surface area contributed by atoms with Crippen LogP contribution in [-0.2, 0) is 4.79 Å². The summed E-state index contributed by atoms with van der Waals surface area (Å²) >= 11 is 0. The lowest BCUT2D eigenvalue weighted by atomic mass is 10.0. The summed E-state index contributed by atoms with van der Waals surface area (Å²) in [4.78, 5) is 16.4. The average Bonchev–Trinajstić information content (AvgIpc) is 3.11. The van der Waals surface area contributed by atoms with Gasteiger partial charge in [0.2, 0.25) is 5.91 Å². The maximum atomic E-state index is 12.4. The summed E-state index contributed by atoms with van der Waals surface area (Å²) in [5.41, 5.74) is 8.13. The summed E-state index contributed by atoms with van der Waals surface area (Å²) in [6.45, 7) is -0.135. The molecule has 3 rings (SSSR count). The zero-order chi connectivity index (χ0) is 16.1.